The van der Waals surface area contributed by atoms with Gasteiger partial charge in [-0.2, -0.15) is 0 Å². The zero-order chi connectivity index (χ0) is 24.9. The number of aryl methyl sites for hydroxylation is 1. The highest BCUT2D eigenvalue weighted by molar-refractivity contribution is 5.96. The second-order valence-electron chi connectivity index (χ2n) is 9.76. The molecule has 1 aromatic heterocycles. The molecule has 0 bridgehead atoms. The third kappa shape index (κ3) is 6.11. The molecule has 0 radical (unpaired) electrons. The highest BCUT2D eigenvalue weighted by atomic mass is 16.5. The van der Waals surface area contributed by atoms with Crippen molar-refractivity contribution in [3.8, 4) is 0 Å². The summed E-state index contributed by atoms with van der Waals surface area (Å²) in [5.74, 6) is 0.685. The summed E-state index contributed by atoms with van der Waals surface area (Å²) in [6.07, 6.45) is 5.23. The van der Waals surface area contributed by atoms with Crippen LogP contribution < -0.4 is 16.0 Å². The summed E-state index contributed by atoms with van der Waals surface area (Å²) in [7, 11) is 0. The summed E-state index contributed by atoms with van der Waals surface area (Å²) in [5.41, 5.74) is 4.37. The number of anilines is 2. The monoisotopic (exact) mass is 493 g/mol. The Labute approximate surface area is 211 Å². The second kappa shape index (κ2) is 11.2. The van der Waals surface area contributed by atoms with Crippen LogP contribution in [-0.2, 0) is 17.7 Å². The lowest BCUT2D eigenvalue weighted by molar-refractivity contribution is 0.0375. The molecular weight excluding hydrogens is 458 g/mol. The molecule has 2 aromatic rings. The number of ether oxygens (including phenoxy) is 1. The van der Waals surface area contributed by atoms with E-state index in [1.807, 2.05) is 30.0 Å². The number of benzene rings is 1. The molecule has 3 N–H and O–H groups in total. The van der Waals surface area contributed by atoms with E-state index in [1.165, 1.54) is 6.33 Å². The zero-order valence-electron chi connectivity index (χ0n) is 20.9. The number of aromatic nitrogens is 2. The number of hydrogen-bond acceptors (Lipinski definition) is 7. The lowest BCUT2D eigenvalue weighted by Gasteiger charge is -2.29. The van der Waals surface area contributed by atoms with Crippen LogP contribution in [0.25, 0.3) is 0 Å². The van der Waals surface area contributed by atoms with E-state index in [1.54, 1.807) is 0 Å². The van der Waals surface area contributed by atoms with Gasteiger partial charge in [0, 0.05) is 49.0 Å². The lowest BCUT2D eigenvalue weighted by atomic mass is 10.0. The van der Waals surface area contributed by atoms with E-state index in [9.17, 15) is 9.59 Å². The van der Waals surface area contributed by atoms with Gasteiger partial charge in [-0.25, -0.2) is 14.8 Å². The Morgan fingerprint density at radius 2 is 1.97 bits per heavy atom. The molecule has 192 valence electrons. The molecule has 2 fully saturated rings. The minimum atomic E-state index is -0.0547. The van der Waals surface area contributed by atoms with Gasteiger partial charge in [0.05, 0.1) is 25.5 Å². The van der Waals surface area contributed by atoms with Crippen LogP contribution in [0.15, 0.2) is 24.5 Å². The summed E-state index contributed by atoms with van der Waals surface area (Å²) in [6, 6.07) is 5.93. The minimum Gasteiger partial charge on any atom is -0.379 e. The average molecular weight is 494 g/mol. The Morgan fingerprint density at radius 1 is 1.14 bits per heavy atom. The van der Waals surface area contributed by atoms with Crippen LogP contribution >= 0.6 is 0 Å². The van der Waals surface area contributed by atoms with Crippen molar-refractivity contribution in [3.63, 3.8) is 0 Å². The fraction of sp³-hybridized carbons (Fsp3) is 0.538. The molecule has 1 aliphatic carbocycles. The van der Waals surface area contributed by atoms with Gasteiger partial charge in [0.2, 0.25) is 0 Å². The molecule has 5 rings (SSSR count). The van der Waals surface area contributed by atoms with E-state index in [0.29, 0.717) is 37.7 Å². The molecule has 0 spiro atoms. The van der Waals surface area contributed by atoms with E-state index >= 15 is 0 Å². The quantitative estimate of drug-likeness (QED) is 0.484. The van der Waals surface area contributed by atoms with E-state index in [0.717, 1.165) is 80.4 Å². The van der Waals surface area contributed by atoms with Crippen molar-refractivity contribution in [3.05, 3.63) is 46.9 Å². The summed E-state index contributed by atoms with van der Waals surface area (Å²) in [6.45, 7) is 8.19. The molecule has 3 aliphatic rings. The highest BCUT2D eigenvalue weighted by Gasteiger charge is 2.26. The summed E-state index contributed by atoms with van der Waals surface area (Å²) in [5, 5.41) is 9.51. The fourth-order valence-electron chi connectivity index (χ4n) is 4.59. The molecule has 36 heavy (non-hydrogen) atoms. The molecule has 1 saturated carbocycles. The number of nitrogens with one attached hydrogen (secondary N) is 3. The van der Waals surface area contributed by atoms with Crippen molar-refractivity contribution in [2.45, 2.75) is 45.2 Å². The maximum absolute atomic E-state index is 12.7. The zero-order valence-corrected chi connectivity index (χ0v) is 20.9. The Hall–Kier alpha value is -3.24. The Morgan fingerprint density at radius 3 is 2.78 bits per heavy atom. The number of carbonyl (C=O) groups is 2. The first kappa shape index (κ1) is 24.5. The van der Waals surface area contributed by atoms with Gasteiger partial charge in [0.1, 0.15) is 12.1 Å². The van der Waals surface area contributed by atoms with Gasteiger partial charge in [-0.15, -0.1) is 0 Å². The SMILES string of the molecule is Cc1ccc(C(=O)NC2CC2)cc1Nc1ncnc2c1CCN(C(=O)NCCCN1CCOCC1)C2. The van der Waals surface area contributed by atoms with Crippen LogP contribution in [0.1, 0.15) is 46.4 Å². The first-order chi connectivity index (χ1) is 17.6. The van der Waals surface area contributed by atoms with Crippen LogP contribution in [0.5, 0.6) is 0 Å². The van der Waals surface area contributed by atoms with Gasteiger partial charge in [0.15, 0.2) is 0 Å². The number of carbonyl (C=O) groups excluding carboxylic acids is 2. The molecule has 10 nitrogen and oxygen atoms in total. The minimum absolute atomic E-state index is 0.0446. The number of amides is 3. The molecule has 1 saturated heterocycles. The predicted octanol–water partition coefficient (Wildman–Crippen LogP) is 2.21. The Kier molecular flexibility index (Phi) is 7.62. The van der Waals surface area contributed by atoms with E-state index in [4.69, 9.17) is 4.74 Å². The van der Waals surface area contributed by atoms with Crippen LogP contribution in [0.3, 0.4) is 0 Å². The van der Waals surface area contributed by atoms with E-state index in [-0.39, 0.29) is 11.9 Å². The fourth-order valence-corrected chi connectivity index (χ4v) is 4.59. The Bertz CT molecular complexity index is 1100. The lowest BCUT2D eigenvalue weighted by Crippen LogP contribution is -2.44. The molecule has 0 unspecified atom stereocenters. The summed E-state index contributed by atoms with van der Waals surface area (Å²) in [4.78, 5) is 38.4. The molecule has 10 heteroatoms. The van der Waals surface area contributed by atoms with E-state index < -0.39 is 0 Å². The first-order valence-electron chi connectivity index (χ1n) is 12.9. The van der Waals surface area contributed by atoms with Gasteiger partial charge in [-0.05, 0) is 56.8 Å². The highest BCUT2D eigenvalue weighted by Crippen LogP contribution is 2.28. The third-order valence-electron chi connectivity index (χ3n) is 6.99. The standard InChI is InChI=1S/C26H35N7O3/c1-18-3-4-19(25(34)30-20-5-6-20)15-22(18)31-24-21-7-10-33(16-23(21)28-17-29-24)26(35)27-8-2-9-32-11-13-36-14-12-32/h3-4,15,17,20H,2,5-14,16H2,1H3,(H,27,35)(H,30,34)(H,28,29,31). The first-order valence-corrected chi connectivity index (χ1v) is 12.9. The van der Waals surface area contributed by atoms with Crippen molar-refractivity contribution in [2.75, 3.05) is 51.3 Å². The van der Waals surface area contributed by atoms with E-state index in [2.05, 4.69) is 30.8 Å². The number of urea groups is 1. The number of rotatable bonds is 8. The topological polar surface area (TPSA) is 112 Å². The molecular formula is C26H35N7O3. The molecule has 1 aromatic carbocycles. The molecule has 3 amide bonds. The Balaban J connectivity index is 1.17. The van der Waals surface area contributed by atoms with Crippen molar-refractivity contribution >= 4 is 23.4 Å². The maximum Gasteiger partial charge on any atom is 0.317 e. The smallest absolute Gasteiger partial charge is 0.317 e. The van der Waals surface area contributed by atoms with Crippen molar-refractivity contribution in [1.29, 1.82) is 0 Å². The van der Waals surface area contributed by atoms with Gasteiger partial charge in [-0.3, -0.25) is 9.69 Å². The van der Waals surface area contributed by atoms with Gasteiger partial charge in [0.25, 0.3) is 5.91 Å². The summed E-state index contributed by atoms with van der Waals surface area (Å²) < 4.78 is 5.38. The third-order valence-corrected chi connectivity index (χ3v) is 6.99. The second-order valence-corrected chi connectivity index (χ2v) is 9.76. The predicted molar refractivity (Wildman–Crippen MR) is 136 cm³/mol. The van der Waals surface area contributed by atoms with Crippen LogP contribution in [0.2, 0.25) is 0 Å². The van der Waals surface area contributed by atoms with Gasteiger partial charge in [-0.1, -0.05) is 6.07 Å². The van der Waals surface area contributed by atoms with Crippen LogP contribution in [0, 0.1) is 6.92 Å². The maximum atomic E-state index is 12.7. The van der Waals surface area contributed by atoms with Crippen LogP contribution in [0.4, 0.5) is 16.3 Å². The molecule has 0 atom stereocenters. The number of morpholine rings is 1. The number of fused-ring (bicyclic) bond motifs is 1. The summed E-state index contributed by atoms with van der Waals surface area (Å²) >= 11 is 0. The van der Waals surface area contributed by atoms with Gasteiger partial charge < -0.3 is 25.6 Å². The van der Waals surface area contributed by atoms with Crippen molar-refractivity contribution < 1.29 is 14.3 Å². The van der Waals surface area contributed by atoms with Crippen LogP contribution in [-0.4, -0.2) is 83.7 Å². The van der Waals surface area contributed by atoms with Crippen molar-refractivity contribution in [1.82, 2.24) is 30.4 Å². The molecule has 2 aliphatic heterocycles. The number of nitrogens with zero attached hydrogens (tertiary/aromatic N) is 4. The largest absolute Gasteiger partial charge is 0.379 e. The molecule has 3 heterocycles. The number of hydrogen-bond donors (Lipinski definition) is 3. The average Bonchev–Trinajstić information content (AvgIpc) is 3.72. The van der Waals surface area contributed by atoms with Crippen molar-refractivity contribution in [2.24, 2.45) is 0 Å². The normalized spacial score (nSPS) is 17.9. The van der Waals surface area contributed by atoms with Gasteiger partial charge >= 0.3 is 6.03 Å².